The molecule has 0 spiro atoms. The molecule has 0 N–H and O–H groups in total. The largest absolute Gasteiger partial charge is 0.454 e. The number of carbonyl (C=O) groups excluding carboxylic acids is 1. The minimum atomic E-state index is -0.0186. The van der Waals surface area contributed by atoms with E-state index in [9.17, 15) is 4.79 Å². The fraction of sp³-hybridized carbons (Fsp3) is 0.278. The van der Waals surface area contributed by atoms with E-state index >= 15 is 0 Å². The molecule has 0 radical (unpaired) electrons. The molecule has 0 saturated heterocycles. The van der Waals surface area contributed by atoms with Crippen LogP contribution in [0.4, 0.5) is 0 Å². The van der Waals surface area contributed by atoms with E-state index < -0.39 is 0 Å². The molecule has 1 unspecified atom stereocenters. The van der Waals surface area contributed by atoms with Gasteiger partial charge in [0.15, 0.2) is 11.5 Å². The zero-order valence-electron chi connectivity index (χ0n) is 13.1. The third-order valence-electron chi connectivity index (χ3n) is 4.04. The molecular formula is C18H18ClNO3. The topological polar surface area (TPSA) is 38.8 Å². The predicted molar refractivity (Wildman–Crippen MR) is 89.3 cm³/mol. The molecule has 1 heterocycles. The lowest BCUT2D eigenvalue weighted by molar-refractivity contribution is 0.0743. The summed E-state index contributed by atoms with van der Waals surface area (Å²) in [5.74, 6) is 1.52. The Morgan fingerprint density at radius 2 is 1.87 bits per heavy atom. The van der Waals surface area contributed by atoms with Gasteiger partial charge >= 0.3 is 0 Å². The van der Waals surface area contributed by atoms with Crippen LogP contribution in [0.2, 0.25) is 5.02 Å². The predicted octanol–water partition coefficient (Wildman–Crippen LogP) is 3.77. The van der Waals surface area contributed by atoms with Crippen molar-refractivity contribution in [3.8, 4) is 11.5 Å². The molecule has 23 heavy (non-hydrogen) atoms. The number of carbonyl (C=O) groups is 1. The summed E-state index contributed by atoms with van der Waals surface area (Å²) in [6.07, 6.45) is 0.743. The Labute approximate surface area is 140 Å². The Hall–Kier alpha value is -2.20. The molecule has 2 aromatic carbocycles. The van der Waals surface area contributed by atoms with E-state index in [-0.39, 0.29) is 18.7 Å². The molecule has 0 aliphatic carbocycles. The monoisotopic (exact) mass is 331 g/mol. The van der Waals surface area contributed by atoms with Crippen molar-refractivity contribution < 1.29 is 14.3 Å². The summed E-state index contributed by atoms with van der Waals surface area (Å²) in [5, 5.41) is 0.623. The lowest BCUT2D eigenvalue weighted by Crippen LogP contribution is -2.36. The summed E-state index contributed by atoms with van der Waals surface area (Å²) in [5.41, 5.74) is 1.74. The minimum Gasteiger partial charge on any atom is -0.454 e. The van der Waals surface area contributed by atoms with Gasteiger partial charge in [-0.05, 0) is 55.3 Å². The van der Waals surface area contributed by atoms with Crippen molar-refractivity contribution in [1.82, 2.24) is 4.90 Å². The molecule has 120 valence electrons. The zero-order valence-corrected chi connectivity index (χ0v) is 13.8. The number of ether oxygens (including phenoxy) is 2. The van der Waals surface area contributed by atoms with Gasteiger partial charge in [-0.3, -0.25) is 4.79 Å². The molecule has 0 fully saturated rings. The highest BCUT2D eigenvalue weighted by molar-refractivity contribution is 6.30. The smallest absolute Gasteiger partial charge is 0.253 e. The Bertz CT molecular complexity index is 715. The summed E-state index contributed by atoms with van der Waals surface area (Å²) in [6.45, 7) is 2.29. The number of benzene rings is 2. The van der Waals surface area contributed by atoms with Gasteiger partial charge in [-0.15, -0.1) is 0 Å². The first-order chi connectivity index (χ1) is 11.0. The van der Waals surface area contributed by atoms with E-state index in [2.05, 4.69) is 0 Å². The van der Waals surface area contributed by atoms with Gasteiger partial charge in [0.2, 0.25) is 6.79 Å². The van der Waals surface area contributed by atoms with Crippen molar-refractivity contribution in [3.63, 3.8) is 0 Å². The first-order valence-corrected chi connectivity index (χ1v) is 7.83. The Balaban J connectivity index is 1.68. The maximum absolute atomic E-state index is 12.5. The van der Waals surface area contributed by atoms with Gasteiger partial charge in [0.25, 0.3) is 5.91 Å². The van der Waals surface area contributed by atoms with Crippen LogP contribution in [0.15, 0.2) is 42.5 Å². The number of hydrogen-bond acceptors (Lipinski definition) is 3. The minimum absolute atomic E-state index is 0.0186. The molecule has 1 aliphatic heterocycles. The normalized spacial score (nSPS) is 13.7. The van der Waals surface area contributed by atoms with Crippen LogP contribution in [0.5, 0.6) is 11.5 Å². The molecule has 5 heteroatoms. The first-order valence-electron chi connectivity index (χ1n) is 7.46. The van der Waals surface area contributed by atoms with E-state index in [0.29, 0.717) is 10.6 Å². The van der Waals surface area contributed by atoms with Crippen LogP contribution in [0.1, 0.15) is 22.8 Å². The van der Waals surface area contributed by atoms with E-state index in [1.165, 1.54) is 0 Å². The second-order valence-corrected chi connectivity index (χ2v) is 6.10. The van der Waals surface area contributed by atoms with Gasteiger partial charge < -0.3 is 14.4 Å². The van der Waals surface area contributed by atoms with Gasteiger partial charge in [0, 0.05) is 23.7 Å². The van der Waals surface area contributed by atoms with Crippen LogP contribution in [0, 0.1) is 0 Å². The van der Waals surface area contributed by atoms with Crippen LogP contribution in [-0.2, 0) is 6.42 Å². The highest BCUT2D eigenvalue weighted by Crippen LogP contribution is 2.33. The maximum Gasteiger partial charge on any atom is 0.253 e. The summed E-state index contributed by atoms with van der Waals surface area (Å²) in [6, 6.07) is 12.9. The van der Waals surface area contributed by atoms with Crippen LogP contribution >= 0.6 is 11.6 Å². The molecule has 2 aromatic rings. The number of rotatable bonds is 4. The highest BCUT2D eigenvalue weighted by Gasteiger charge is 2.19. The average molecular weight is 332 g/mol. The standard InChI is InChI=1S/C18H18ClNO3/c1-12(9-13-3-8-16-17(10-13)23-11-22-16)20(2)18(21)14-4-6-15(19)7-5-14/h3-8,10,12H,9,11H2,1-2H3. The number of hydrogen-bond donors (Lipinski definition) is 0. The molecule has 1 amide bonds. The van der Waals surface area contributed by atoms with Gasteiger partial charge in [0.1, 0.15) is 0 Å². The van der Waals surface area contributed by atoms with Crippen LogP contribution < -0.4 is 9.47 Å². The second kappa shape index (κ2) is 6.50. The van der Waals surface area contributed by atoms with Crippen molar-refractivity contribution in [3.05, 3.63) is 58.6 Å². The Morgan fingerprint density at radius 1 is 1.17 bits per heavy atom. The quantitative estimate of drug-likeness (QED) is 0.856. The van der Waals surface area contributed by atoms with Crippen molar-refractivity contribution in [2.75, 3.05) is 13.8 Å². The number of likely N-dealkylation sites (N-methyl/N-ethyl adjacent to an activating group) is 1. The van der Waals surface area contributed by atoms with Crippen LogP contribution in [0.3, 0.4) is 0 Å². The van der Waals surface area contributed by atoms with Crippen LogP contribution in [0.25, 0.3) is 0 Å². The molecular weight excluding hydrogens is 314 g/mol. The molecule has 1 atom stereocenters. The fourth-order valence-electron chi connectivity index (χ4n) is 2.54. The van der Waals surface area contributed by atoms with Crippen molar-refractivity contribution >= 4 is 17.5 Å². The van der Waals surface area contributed by atoms with Gasteiger partial charge in [-0.2, -0.15) is 0 Å². The summed E-state index contributed by atoms with van der Waals surface area (Å²) in [7, 11) is 1.81. The highest BCUT2D eigenvalue weighted by atomic mass is 35.5. The zero-order chi connectivity index (χ0) is 16.4. The molecule has 0 aromatic heterocycles. The third kappa shape index (κ3) is 3.42. The number of halogens is 1. The van der Waals surface area contributed by atoms with E-state index in [1.54, 1.807) is 29.2 Å². The van der Waals surface area contributed by atoms with Crippen molar-refractivity contribution in [2.24, 2.45) is 0 Å². The Kier molecular flexibility index (Phi) is 4.44. The summed E-state index contributed by atoms with van der Waals surface area (Å²) in [4.78, 5) is 14.3. The fourth-order valence-corrected chi connectivity index (χ4v) is 2.67. The van der Waals surface area contributed by atoms with Gasteiger partial charge in [-0.1, -0.05) is 17.7 Å². The summed E-state index contributed by atoms with van der Waals surface area (Å²) < 4.78 is 10.7. The van der Waals surface area contributed by atoms with Gasteiger partial charge in [-0.25, -0.2) is 0 Å². The average Bonchev–Trinajstić information content (AvgIpc) is 3.01. The molecule has 3 rings (SSSR count). The Morgan fingerprint density at radius 3 is 2.61 bits per heavy atom. The van der Waals surface area contributed by atoms with Crippen molar-refractivity contribution in [2.45, 2.75) is 19.4 Å². The molecule has 1 aliphatic rings. The lowest BCUT2D eigenvalue weighted by atomic mass is 10.0. The van der Waals surface area contributed by atoms with E-state index in [0.717, 1.165) is 23.5 Å². The van der Waals surface area contributed by atoms with Gasteiger partial charge in [0.05, 0.1) is 0 Å². The maximum atomic E-state index is 12.5. The molecule has 4 nitrogen and oxygen atoms in total. The summed E-state index contributed by atoms with van der Waals surface area (Å²) >= 11 is 5.87. The second-order valence-electron chi connectivity index (χ2n) is 5.66. The van der Waals surface area contributed by atoms with E-state index in [4.69, 9.17) is 21.1 Å². The molecule has 0 saturated carbocycles. The van der Waals surface area contributed by atoms with E-state index in [1.807, 2.05) is 32.2 Å². The number of nitrogens with zero attached hydrogens (tertiary/aromatic N) is 1. The first kappa shape index (κ1) is 15.7. The molecule has 0 bridgehead atoms. The number of fused-ring (bicyclic) bond motifs is 1. The third-order valence-corrected chi connectivity index (χ3v) is 4.29. The SMILES string of the molecule is CC(Cc1ccc2c(c1)OCO2)N(C)C(=O)c1ccc(Cl)cc1. The lowest BCUT2D eigenvalue weighted by Gasteiger charge is -2.25. The van der Waals surface area contributed by atoms with Crippen molar-refractivity contribution in [1.29, 1.82) is 0 Å². The van der Waals surface area contributed by atoms with Crippen LogP contribution in [-0.4, -0.2) is 30.7 Å². The number of amides is 1.